The summed E-state index contributed by atoms with van der Waals surface area (Å²) in [7, 11) is 0. The van der Waals surface area contributed by atoms with Crippen LogP contribution in [0.2, 0.25) is 0 Å². The maximum absolute atomic E-state index is 12.8. The number of rotatable bonds is 2. The topological polar surface area (TPSA) is 33.2 Å². The van der Waals surface area contributed by atoms with Gasteiger partial charge in [-0.2, -0.15) is 0 Å². The lowest BCUT2D eigenvalue weighted by molar-refractivity contribution is 0.0764. The fraction of sp³-hybridized carbons (Fsp3) is 0.375. The third-order valence-corrected chi connectivity index (χ3v) is 5.93. The van der Waals surface area contributed by atoms with E-state index < -0.39 is 0 Å². The van der Waals surface area contributed by atoms with Crippen molar-refractivity contribution in [3.8, 4) is 0 Å². The average Bonchev–Trinajstić information content (AvgIpc) is 3.05. The van der Waals surface area contributed by atoms with Crippen molar-refractivity contribution in [3.05, 3.63) is 51.0 Å². The smallest absolute Gasteiger partial charge is 0.267 e. The van der Waals surface area contributed by atoms with E-state index in [1.54, 1.807) is 0 Å². The van der Waals surface area contributed by atoms with Gasteiger partial charge < -0.3 is 4.90 Å². The molecule has 0 aliphatic carbocycles. The number of aromatic nitrogens is 1. The molecule has 0 saturated carbocycles. The van der Waals surface area contributed by atoms with E-state index in [1.807, 2.05) is 30.5 Å². The Morgan fingerprint density at radius 1 is 1.24 bits per heavy atom. The van der Waals surface area contributed by atoms with E-state index in [9.17, 15) is 4.79 Å². The Hall–Kier alpha value is -1.33. The molecule has 3 nitrogen and oxygen atoms in total. The number of thioether (sulfide) groups is 1. The van der Waals surface area contributed by atoms with Gasteiger partial charge in [-0.3, -0.25) is 4.79 Å². The van der Waals surface area contributed by atoms with Gasteiger partial charge in [0.2, 0.25) is 0 Å². The van der Waals surface area contributed by atoms with Crippen LogP contribution < -0.4 is 0 Å². The highest BCUT2D eigenvalue weighted by Gasteiger charge is 2.32. The van der Waals surface area contributed by atoms with Gasteiger partial charge in [0.25, 0.3) is 5.91 Å². The van der Waals surface area contributed by atoms with Crippen molar-refractivity contribution in [1.82, 2.24) is 9.88 Å². The zero-order valence-electron chi connectivity index (χ0n) is 12.4. The second-order valence-electron chi connectivity index (χ2n) is 5.28. The van der Waals surface area contributed by atoms with E-state index in [4.69, 9.17) is 0 Å². The summed E-state index contributed by atoms with van der Waals surface area (Å²) in [5.41, 5.74) is 3.30. The molecule has 1 fully saturated rings. The van der Waals surface area contributed by atoms with Crippen molar-refractivity contribution in [2.24, 2.45) is 0 Å². The fourth-order valence-electron chi connectivity index (χ4n) is 2.55. The first-order valence-corrected chi connectivity index (χ1v) is 8.86. The number of carbonyl (C=O) groups is 1. The van der Waals surface area contributed by atoms with Gasteiger partial charge in [0, 0.05) is 12.3 Å². The van der Waals surface area contributed by atoms with E-state index in [1.165, 1.54) is 22.5 Å². The number of carbonyl (C=O) groups excluding carboxylic acids is 1. The predicted octanol–water partition coefficient (Wildman–Crippen LogP) is 3.96. The summed E-state index contributed by atoms with van der Waals surface area (Å²) in [6.45, 7) is 6.75. The van der Waals surface area contributed by atoms with E-state index in [0.29, 0.717) is 0 Å². The van der Waals surface area contributed by atoms with Crippen LogP contribution in [0, 0.1) is 20.8 Å². The molecule has 0 radical (unpaired) electrons. The quantitative estimate of drug-likeness (QED) is 0.840. The summed E-state index contributed by atoms with van der Waals surface area (Å²) in [6.07, 6.45) is 0. The van der Waals surface area contributed by atoms with Crippen molar-refractivity contribution in [2.45, 2.75) is 26.1 Å². The number of hydrogen-bond acceptors (Lipinski definition) is 4. The molecule has 1 aromatic carbocycles. The molecule has 1 amide bonds. The highest BCUT2D eigenvalue weighted by molar-refractivity contribution is 7.99. The minimum absolute atomic E-state index is 0.119. The van der Waals surface area contributed by atoms with Crippen molar-refractivity contribution < 1.29 is 4.79 Å². The minimum Gasteiger partial charge on any atom is -0.321 e. The Morgan fingerprint density at radius 2 is 1.95 bits per heavy atom. The minimum atomic E-state index is 0.119. The van der Waals surface area contributed by atoms with E-state index in [-0.39, 0.29) is 11.3 Å². The van der Waals surface area contributed by atoms with Crippen LogP contribution in [0.4, 0.5) is 0 Å². The van der Waals surface area contributed by atoms with Crippen LogP contribution in [0.5, 0.6) is 0 Å². The number of thiazole rings is 1. The third-order valence-electron chi connectivity index (χ3n) is 3.61. The molecule has 3 rings (SSSR count). The lowest BCUT2D eigenvalue weighted by Gasteiger charge is -2.23. The van der Waals surface area contributed by atoms with Crippen LogP contribution in [0.15, 0.2) is 24.3 Å². The van der Waals surface area contributed by atoms with Crippen molar-refractivity contribution in [1.29, 1.82) is 0 Å². The maximum Gasteiger partial charge on any atom is 0.267 e. The van der Waals surface area contributed by atoms with Crippen molar-refractivity contribution >= 4 is 29.0 Å². The van der Waals surface area contributed by atoms with E-state index in [2.05, 4.69) is 36.2 Å². The number of benzene rings is 1. The summed E-state index contributed by atoms with van der Waals surface area (Å²) in [5, 5.41) is 1.08. The average molecular weight is 318 g/mol. The molecule has 21 heavy (non-hydrogen) atoms. The maximum atomic E-state index is 12.8. The number of nitrogens with zero attached hydrogens (tertiary/aromatic N) is 2. The summed E-state index contributed by atoms with van der Waals surface area (Å²) in [6, 6.07) is 8.48. The molecule has 2 aromatic rings. The number of amides is 1. The van der Waals surface area contributed by atoms with Crippen LogP contribution in [0.25, 0.3) is 0 Å². The Labute approximate surface area is 133 Å². The van der Waals surface area contributed by atoms with Gasteiger partial charge in [-0.1, -0.05) is 29.8 Å². The summed E-state index contributed by atoms with van der Waals surface area (Å²) in [5.74, 6) is 1.11. The van der Waals surface area contributed by atoms with Crippen LogP contribution >= 0.6 is 23.1 Å². The van der Waals surface area contributed by atoms with Crippen LogP contribution in [-0.2, 0) is 0 Å². The summed E-state index contributed by atoms with van der Waals surface area (Å²) >= 11 is 3.33. The molecule has 1 aromatic heterocycles. The molecular formula is C16H18N2OS2. The van der Waals surface area contributed by atoms with Gasteiger partial charge in [0.15, 0.2) is 0 Å². The molecule has 1 aliphatic rings. The molecule has 0 bridgehead atoms. The highest BCUT2D eigenvalue weighted by atomic mass is 32.2. The molecular weight excluding hydrogens is 300 g/mol. The summed E-state index contributed by atoms with van der Waals surface area (Å²) < 4.78 is 0. The monoisotopic (exact) mass is 318 g/mol. The van der Waals surface area contributed by atoms with Gasteiger partial charge >= 0.3 is 0 Å². The fourth-order valence-corrected chi connectivity index (χ4v) is 4.68. The Balaban J connectivity index is 1.88. The predicted molar refractivity (Wildman–Crippen MR) is 89.0 cm³/mol. The Bertz CT molecular complexity index is 663. The van der Waals surface area contributed by atoms with Gasteiger partial charge in [0.1, 0.15) is 10.3 Å². The van der Waals surface area contributed by atoms with Gasteiger partial charge in [-0.15, -0.1) is 23.1 Å². The Kier molecular flexibility index (Phi) is 4.04. The number of hydrogen-bond donors (Lipinski definition) is 0. The highest BCUT2D eigenvalue weighted by Crippen LogP contribution is 2.39. The molecule has 1 aliphatic heterocycles. The summed E-state index contributed by atoms with van der Waals surface area (Å²) in [4.78, 5) is 20.0. The lowest BCUT2D eigenvalue weighted by Crippen LogP contribution is -2.30. The second-order valence-corrected chi connectivity index (χ2v) is 7.67. The first-order chi connectivity index (χ1) is 10.1. The van der Waals surface area contributed by atoms with Crippen molar-refractivity contribution in [2.75, 3.05) is 12.3 Å². The first-order valence-electron chi connectivity index (χ1n) is 6.99. The van der Waals surface area contributed by atoms with E-state index >= 15 is 0 Å². The molecule has 1 unspecified atom stereocenters. The standard InChI is InChI=1S/C16H18N2OS2/c1-10-4-6-13(7-5-10)16-18(8-9-20-16)15(19)14-11(2)17-12(3)21-14/h4-7,16H,8-9H2,1-3H3. The molecule has 5 heteroatoms. The van der Waals surface area contributed by atoms with Crippen LogP contribution in [-0.4, -0.2) is 28.1 Å². The molecule has 110 valence electrons. The lowest BCUT2D eigenvalue weighted by atomic mass is 10.1. The Morgan fingerprint density at radius 3 is 2.57 bits per heavy atom. The van der Waals surface area contributed by atoms with E-state index in [0.717, 1.165) is 27.9 Å². The van der Waals surface area contributed by atoms with Gasteiger partial charge in [0.05, 0.1) is 10.7 Å². The second kappa shape index (κ2) is 5.81. The van der Waals surface area contributed by atoms with Gasteiger partial charge in [-0.05, 0) is 26.3 Å². The zero-order valence-corrected chi connectivity index (χ0v) is 14.1. The largest absolute Gasteiger partial charge is 0.321 e. The molecule has 1 atom stereocenters. The van der Waals surface area contributed by atoms with Crippen molar-refractivity contribution in [3.63, 3.8) is 0 Å². The molecule has 2 heterocycles. The SMILES string of the molecule is Cc1ccc(C2SCCN2C(=O)c2sc(C)nc2C)cc1. The normalized spacial score (nSPS) is 18.2. The first kappa shape index (κ1) is 14.6. The number of aryl methyl sites for hydroxylation is 3. The molecule has 1 saturated heterocycles. The zero-order chi connectivity index (χ0) is 15.0. The van der Waals surface area contributed by atoms with Crippen LogP contribution in [0.3, 0.4) is 0 Å². The molecule has 0 N–H and O–H groups in total. The van der Waals surface area contributed by atoms with Gasteiger partial charge in [-0.25, -0.2) is 4.98 Å². The van der Waals surface area contributed by atoms with Crippen LogP contribution in [0.1, 0.15) is 36.9 Å². The molecule has 0 spiro atoms. The third kappa shape index (κ3) is 2.85.